The standard InChI is InChI=1S/C28H30O3/c1-2-27(30-22-25-15-8-4-9-16-25)28(31-23-26-17-10-5-11-18-26)19-12-20-29-21-24-13-6-3-7-14-24/h2-19,27-28H,1,20-23H2/b19-12-/t27-,28+/m0/s1. The van der Waals surface area contributed by atoms with Crippen LogP contribution in [0.1, 0.15) is 16.7 Å². The summed E-state index contributed by atoms with van der Waals surface area (Å²) in [5.74, 6) is 0. The third-order valence-electron chi connectivity index (χ3n) is 4.78. The fourth-order valence-electron chi connectivity index (χ4n) is 3.10. The summed E-state index contributed by atoms with van der Waals surface area (Å²) < 4.78 is 18.1. The fraction of sp³-hybridized carbons (Fsp3) is 0.214. The van der Waals surface area contributed by atoms with Crippen molar-refractivity contribution in [2.45, 2.75) is 32.0 Å². The molecule has 0 aromatic heterocycles. The number of benzene rings is 3. The molecule has 0 saturated heterocycles. The van der Waals surface area contributed by atoms with Crippen LogP contribution in [0.4, 0.5) is 0 Å². The topological polar surface area (TPSA) is 27.7 Å². The maximum Gasteiger partial charge on any atom is 0.106 e. The second kappa shape index (κ2) is 13.3. The summed E-state index contributed by atoms with van der Waals surface area (Å²) in [5.41, 5.74) is 3.39. The van der Waals surface area contributed by atoms with E-state index in [4.69, 9.17) is 14.2 Å². The zero-order valence-corrected chi connectivity index (χ0v) is 17.8. The largest absolute Gasteiger partial charge is 0.373 e. The lowest BCUT2D eigenvalue weighted by atomic mass is 10.1. The zero-order valence-electron chi connectivity index (χ0n) is 17.8. The zero-order chi connectivity index (χ0) is 21.6. The minimum Gasteiger partial charge on any atom is -0.373 e. The summed E-state index contributed by atoms with van der Waals surface area (Å²) >= 11 is 0. The van der Waals surface area contributed by atoms with Gasteiger partial charge >= 0.3 is 0 Å². The van der Waals surface area contributed by atoms with Gasteiger partial charge in [-0.15, -0.1) is 6.58 Å². The van der Waals surface area contributed by atoms with Crippen molar-refractivity contribution in [1.82, 2.24) is 0 Å². The lowest BCUT2D eigenvalue weighted by molar-refractivity contribution is -0.0422. The van der Waals surface area contributed by atoms with Gasteiger partial charge in [0, 0.05) is 0 Å². The molecule has 3 aromatic carbocycles. The van der Waals surface area contributed by atoms with Gasteiger partial charge in [-0.3, -0.25) is 0 Å². The molecule has 160 valence electrons. The summed E-state index contributed by atoms with van der Waals surface area (Å²) in [7, 11) is 0. The van der Waals surface area contributed by atoms with Crippen molar-refractivity contribution in [3.05, 3.63) is 132 Å². The fourth-order valence-corrected chi connectivity index (χ4v) is 3.10. The van der Waals surface area contributed by atoms with Crippen LogP contribution in [0.25, 0.3) is 0 Å². The van der Waals surface area contributed by atoms with Crippen molar-refractivity contribution in [2.75, 3.05) is 6.61 Å². The maximum atomic E-state index is 6.20. The Morgan fingerprint density at radius 1 is 0.613 bits per heavy atom. The van der Waals surface area contributed by atoms with Crippen LogP contribution in [-0.4, -0.2) is 18.8 Å². The highest BCUT2D eigenvalue weighted by Gasteiger charge is 2.18. The van der Waals surface area contributed by atoms with Gasteiger partial charge < -0.3 is 14.2 Å². The molecule has 3 heteroatoms. The molecule has 0 aliphatic carbocycles. The molecule has 0 aliphatic heterocycles. The molecule has 0 spiro atoms. The summed E-state index contributed by atoms with van der Waals surface area (Å²) in [6.45, 7) is 6.05. The van der Waals surface area contributed by atoms with Crippen molar-refractivity contribution < 1.29 is 14.2 Å². The molecule has 0 N–H and O–H groups in total. The maximum absolute atomic E-state index is 6.20. The first-order valence-corrected chi connectivity index (χ1v) is 10.6. The molecule has 3 nitrogen and oxygen atoms in total. The number of hydrogen-bond acceptors (Lipinski definition) is 3. The molecule has 3 rings (SSSR count). The molecular weight excluding hydrogens is 384 g/mol. The summed E-state index contributed by atoms with van der Waals surface area (Å²) in [6, 6.07) is 30.4. The third kappa shape index (κ3) is 8.35. The van der Waals surface area contributed by atoms with Gasteiger partial charge in [0.15, 0.2) is 0 Å². The van der Waals surface area contributed by atoms with E-state index in [1.807, 2.05) is 78.9 Å². The Labute approximate surface area is 185 Å². The van der Waals surface area contributed by atoms with E-state index in [1.54, 1.807) is 6.08 Å². The number of rotatable bonds is 13. The molecule has 31 heavy (non-hydrogen) atoms. The van der Waals surface area contributed by atoms with Gasteiger partial charge in [0.25, 0.3) is 0 Å². The average Bonchev–Trinajstić information content (AvgIpc) is 2.84. The number of hydrogen-bond donors (Lipinski definition) is 0. The minimum absolute atomic E-state index is 0.262. The molecule has 0 radical (unpaired) electrons. The average molecular weight is 415 g/mol. The van der Waals surface area contributed by atoms with E-state index in [0.29, 0.717) is 26.4 Å². The van der Waals surface area contributed by atoms with Gasteiger partial charge in [0.1, 0.15) is 12.2 Å². The second-order valence-electron chi connectivity index (χ2n) is 7.19. The van der Waals surface area contributed by atoms with E-state index in [1.165, 1.54) is 0 Å². The normalized spacial score (nSPS) is 13.2. The molecule has 0 bridgehead atoms. The second-order valence-corrected chi connectivity index (χ2v) is 7.19. The molecule has 3 aromatic rings. The molecule has 0 fully saturated rings. The van der Waals surface area contributed by atoms with Gasteiger partial charge in [-0.2, -0.15) is 0 Å². The van der Waals surface area contributed by atoms with Crippen LogP contribution in [0.3, 0.4) is 0 Å². The van der Waals surface area contributed by atoms with Crippen molar-refractivity contribution in [1.29, 1.82) is 0 Å². The van der Waals surface area contributed by atoms with E-state index < -0.39 is 0 Å². The molecule has 0 aliphatic rings. The van der Waals surface area contributed by atoms with Gasteiger partial charge in [-0.1, -0.05) is 109 Å². The summed E-state index contributed by atoms with van der Waals surface area (Å²) in [5, 5.41) is 0. The van der Waals surface area contributed by atoms with E-state index in [-0.39, 0.29) is 12.2 Å². The van der Waals surface area contributed by atoms with Crippen LogP contribution < -0.4 is 0 Å². The molecule has 0 heterocycles. The van der Waals surface area contributed by atoms with Gasteiger partial charge in [0.2, 0.25) is 0 Å². The summed E-state index contributed by atoms with van der Waals surface area (Å²) in [4.78, 5) is 0. The highest BCUT2D eigenvalue weighted by atomic mass is 16.5. The van der Waals surface area contributed by atoms with E-state index in [9.17, 15) is 0 Å². The van der Waals surface area contributed by atoms with Gasteiger partial charge in [-0.05, 0) is 16.7 Å². The quantitative estimate of drug-likeness (QED) is 0.249. The molecule has 0 amide bonds. The van der Waals surface area contributed by atoms with Crippen LogP contribution in [-0.2, 0) is 34.0 Å². The van der Waals surface area contributed by atoms with E-state index in [0.717, 1.165) is 16.7 Å². The van der Waals surface area contributed by atoms with Crippen LogP contribution in [0, 0.1) is 0 Å². The Hall–Kier alpha value is -2.98. The number of ether oxygens (including phenoxy) is 3. The first-order valence-electron chi connectivity index (χ1n) is 10.6. The first-order chi connectivity index (χ1) is 15.3. The SMILES string of the molecule is C=C[C@H](OCc1ccccc1)[C@@H](/C=C\COCc1ccccc1)OCc1ccccc1. The molecular formula is C28H30O3. The first kappa shape index (κ1) is 22.7. The van der Waals surface area contributed by atoms with Crippen LogP contribution in [0.15, 0.2) is 116 Å². The lowest BCUT2D eigenvalue weighted by Crippen LogP contribution is -2.28. The Morgan fingerprint density at radius 3 is 1.55 bits per heavy atom. The van der Waals surface area contributed by atoms with Crippen LogP contribution >= 0.6 is 0 Å². The van der Waals surface area contributed by atoms with E-state index in [2.05, 4.69) is 30.8 Å². The van der Waals surface area contributed by atoms with Crippen molar-refractivity contribution >= 4 is 0 Å². The Balaban J connectivity index is 1.57. The predicted molar refractivity (Wildman–Crippen MR) is 125 cm³/mol. The van der Waals surface area contributed by atoms with Crippen molar-refractivity contribution in [2.24, 2.45) is 0 Å². The van der Waals surface area contributed by atoms with Crippen molar-refractivity contribution in [3.8, 4) is 0 Å². The van der Waals surface area contributed by atoms with Crippen LogP contribution in [0.5, 0.6) is 0 Å². The Bertz CT molecular complexity index is 891. The molecule has 0 saturated carbocycles. The molecule has 0 unspecified atom stereocenters. The monoisotopic (exact) mass is 414 g/mol. The third-order valence-corrected chi connectivity index (χ3v) is 4.78. The summed E-state index contributed by atoms with van der Waals surface area (Å²) in [6.07, 6.45) is 5.26. The van der Waals surface area contributed by atoms with Gasteiger partial charge in [0.05, 0.1) is 26.4 Å². The lowest BCUT2D eigenvalue weighted by Gasteiger charge is -2.23. The highest BCUT2D eigenvalue weighted by molar-refractivity contribution is 5.15. The van der Waals surface area contributed by atoms with Crippen LogP contribution in [0.2, 0.25) is 0 Å². The Kier molecular flexibility index (Phi) is 9.77. The predicted octanol–water partition coefficient (Wildman–Crippen LogP) is 6.12. The minimum atomic E-state index is -0.269. The van der Waals surface area contributed by atoms with Crippen molar-refractivity contribution in [3.63, 3.8) is 0 Å². The highest BCUT2D eigenvalue weighted by Crippen LogP contribution is 2.14. The Morgan fingerprint density at radius 2 is 1.06 bits per heavy atom. The van der Waals surface area contributed by atoms with E-state index >= 15 is 0 Å². The smallest absolute Gasteiger partial charge is 0.106 e. The van der Waals surface area contributed by atoms with Gasteiger partial charge in [-0.25, -0.2) is 0 Å². The molecule has 2 atom stereocenters.